The number of rotatable bonds is 7. The van der Waals surface area contributed by atoms with E-state index in [4.69, 9.17) is 4.74 Å². The molecule has 2 rings (SSSR count). The molecule has 0 heterocycles. The number of nitrogens with one attached hydrogen (secondary N) is 1. The number of carbonyl (C=O) groups excluding carboxylic acids is 2. The number of nitrogens with zero attached hydrogens (tertiary/aromatic N) is 1. The van der Waals surface area contributed by atoms with E-state index >= 15 is 0 Å². The molecule has 1 N–H and O–H groups in total. The quantitative estimate of drug-likeness (QED) is 0.831. The van der Waals surface area contributed by atoms with Crippen molar-refractivity contribution in [3.63, 3.8) is 0 Å². The molecule has 2 aromatic carbocycles. The van der Waals surface area contributed by atoms with Gasteiger partial charge in [0.1, 0.15) is 5.75 Å². The fraction of sp³-hybridized carbons (Fsp3) is 0.333. The average molecular weight is 354 g/mol. The number of amides is 2. The Morgan fingerprint density at radius 1 is 1.12 bits per heavy atom. The van der Waals surface area contributed by atoms with Crippen LogP contribution in [0.25, 0.3) is 0 Å². The van der Waals surface area contributed by atoms with Gasteiger partial charge in [-0.25, -0.2) is 0 Å². The summed E-state index contributed by atoms with van der Waals surface area (Å²) in [5.74, 6) is 0.0538. The van der Waals surface area contributed by atoms with Gasteiger partial charge in [0.05, 0.1) is 18.7 Å². The lowest BCUT2D eigenvalue weighted by Gasteiger charge is -2.19. The number of benzene rings is 2. The van der Waals surface area contributed by atoms with Crippen molar-refractivity contribution < 1.29 is 14.3 Å². The molecule has 0 aliphatic carbocycles. The zero-order valence-electron chi connectivity index (χ0n) is 15.8. The Morgan fingerprint density at radius 3 is 2.54 bits per heavy atom. The third kappa shape index (κ3) is 5.09. The van der Waals surface area contributed by atoms with Gasteiger partial charge in [-0.05, 0) is 44.0 Å². The molecule has 0 spiro atoms. The molecule has 2 amide bonds. The molecule has 138 valence electrons. The van der Waals surface area contributed by atoms with Crippen molar-refractivity contribution in [1.29, 1.82) is 0 Å². The second-order valence-electron chi connectivity index (χ2n) is 6.29. The summed E-state index contributed by atoms with van der Waals surface area (Å²) in [4.78, 5) is 26.3. The van der Waals surface area contributed by atoms with Crippen LogP contribution in [0, 0.1) is 13.8 Å². The van der Waals surface area contributed by atoms with Crippen LogP contribution in [0.1, 0.15) is 34.0 Å². The van der Waals surface area contributed by atoms with Crippen LogP contribution < -0.4 is 10.1 Å². The third-order valence-electron chi connectivity index (χ3n) is 4.16. The summed E-state index contributed by atoms with van der Waals surface area (Å²) >= 11 is 0. The Balaban J connectivity index is 1.94. The molecule has 5 heteroatoms. The smallest absolute Gasteiger partial charge is 0.255 e. The first kappa shape index (κ1) is 19.5. The monoisotopic (exact) mass is 354 g/mol. The van der Waals surface area contributed by atoms with E-state index < -0.39 is 0 Å². The first-order chi connectivity index (χ1) is 12.4. The number of aryl methyl sites for hydroxylation is 2. The normalized spacial score (nSPS) is 10.3. The lowest BCUT2D eigenvalue weighted by Crippen LogP contribution is -2.38. The highest BCUT2D eigenvalue weighted by Gasteiger charge is 2.15. The van der Waals surface area contributed by atoms with E-state index in [1.54, 1.807) is 30.1 Å². The van der Waals surface area contributed by atoms with Gasteiger partial charge < -0.3 is 15.0 Å². The Hall–Kier alpha value is -2.82. The minimum absolute atomic E-state index is 0.0549. The summed E-state index contributed by atoms with van der Waals surface area (Å²) < 4.78 is 5.46. The molecule has 0 unspecified atom stereocenters. The summed E-state index contributed by atoms with van der Waals surface area (Å²) in [7, 11) is 1.74. The van der Waals surface area contributed by atoms with Crippen LogP contribution in [0.2, 0.25) is 0 Å². The molecule has 5 nitrogen and oxygen atoms in total. The average Bonchev–Trinajstić information content (AvgIpc) is 2.62. The predicted molar refractivity (Wildman–Crippen MR) is 102 cm³/mol. The molecule has 26 heavy (non-hydrogen) atoms. The van der Waals surface area contributed by atoms with Gasteiger partial charge in [-0.15, -0.1) is 0 Å². The van der Waals surface area contributed by atoms with Crippen molar-refractivity contribution in [1.82, 2.24) is 10.2 Å². The van der Waals surface area contributed by atoms with Gasteiger partial charge in [0.15, 0.2) is 0 Å². The maximum absolute atomic E-state index is 12.4. The number of ether oxygens (including phenoxy) is 1. The van der Waals surface area contributed by atoms with E-state index in [0.717, 1.165) is 11.1 Å². The molecule has 0 aliphatic rings. The van der Waals surface area contributed by atoms with Crippen molar-refractivity contribution in [3.05, 3.63) is 64.7 Å². The SMILES string of the molecule is CCOc1ccccc1C(=O)NCC(=O)N(C)Cc1ccc(C)cc1C. The zero-order chi connectivity index (χ0) is 19.1. The van der Waals surface area contributed by atoms with Gasteiger partial charge in [0.2, 0.25) is 5.91 Å². The number of para-hydroxylation sites is 1. The van der Waals surface area contributed by atoms with Gasteiger partial charge in [-0.2, -0.15) is 0 Å². The Morgan fingerprint density at radius 2 is 1.85 bits per heavy atom. The second kappa shape index (κ2) is 9.04. The minimum atomic E-state index is -0.317. The lowest BCUT2D eigenvalue weighted by atomic mass is 10.1. The first-order valence-corrected chi connectivity index (χ1v) is 8.72. The summed E-state index contributed by atoms with van der Waals surface area (Å²) in [5, 5.41) is 2.68. The Kier molecular flexibility index (Phi) is 6.78. The largest absolute Gasteiger partial charge is 0.493 e. The highest BCUT2D eigenvalue weighted by Crippen LogP contribution is 2.17. The molecule has 0 saturated carbocycles. The molecular formula is C21H26N2O3. The van der Waals surface area contributed by atoms with Crippen LogP contribution in [0.3, 0.4) is 0 Å². The molecule has 0 bridgehead atoms. The van der Waals surface area contributed by atoms with Crippen molar-refractivity contribution in [3.8, 4) is 5.75 Å². The highest BCUT2D eigenvalue weighted by molar-refractivity contribution is 5.98. The predicted octanol–water partition coefficient (Wildman–Crippen LogP) is 3.09. The van der Waals surface area contributed by atoms with Gasteiger partial charge in [0.25, 0.3) is 5.91 Å². The van der Waals surface area contributed by atoms with Crippen LogP contribution >= 0.6 is 0 Å². The molecular weight excluding hydrogens is 328 g/mol. The standard InChI is InChI=1S/C21H26N2O3/c1-5-26-19-9-7-6-8-18(19)21(25)22-13-20(24)23(4)14-17-11-10-15(2)12-16(17)3/h6-12H,5,13-14H2,1-4H3,(H,22,25). The second-order valence-corrected chi connectivity index (χ2v) is 6.29. The zero-order valence-corrected chi connectivity index (χ0v) is 15.8. The molecule has 0 saturated heterocycles. The van der Waals surface area contributed by atoms with Gasteiger partial charge in [-0.3, -0.25) is 9.59 Å². The lowest BCUT2D eigenvalue weighted by molar-refractivity contribution is -0.129. The highest BCUT2D eigenvalue weighted by atomic mass is 16.5. The summed E-state index contributed by atoms with van der Waals surface area (Å²) in [6, 6.07) is 13.2. The third-order valence-corrected chi connectivity index (χ3v) is 4.16. The van der Waals surface area contributed by atoms with Crippen molar-refractivity contribution in [2.45, 2.75) is 27.3 Å². The van der Waals surface area contributed by atoms with E-state index in [2.05, 4.69) is 11.4 Å². The van der Waals surface area contributed by atoms with Gasteiger partial charge in [-0.1, -0.05) is 35.9 Å². The number of hydrogen-bond acceptors (Lipinski definition) is 3. The number of likely N-dealkylation sites (N-methyl/N-ethyl adjacent to an activating group) is 1. The Bertz CT molecular complexity index is 787. The summed E-state index contributed by atoms with van der Waals surface area (Å²) in [5.41, 5.74) is 3.87. The molecule has 0 aromatic heterocycles. The first-order valence-electron chi connectivity index (χ1n) is 8.72. The maximum Gasteiger partial charge on any atom is 0.255 e. The van der Waals surface area contributed by atoms with E-state index in [9.17, 15) is 9.59 Å². The fourth-order valence-electron chi connectivity index (χ4n) is 2.69. The number of hydrogen-bond donors (Lipinski definition) is 1. The molecule has 0 radical (unpaired) electrons. The number of carbonyl (C=O) groups is 2. The van der Waals surface area contributed by atoms with Crippen LogP contribution in [-0.4, -0.2) is 36.9 Å². The summed E-state index contributed by atoms with van der Waals surface area (Å²) in [6.45, 7) is 6.87. The van der Waals surface area contributed by atoms with E-state index in [-0.39, 0.29) is 18.4 Å². The maximum atomic E-state index is 12.4. The molecule has 2 aromatic rings. The Labute approximate surface area is 155 Å². The molecule has 0 atom stereocenters. The van der Waals surface area contributed by atoms with Gasteiger partial charge in [0, 0.05) is 13.6 Å². The molecule has 0 fully saturated rings. The van der Waals surface area contributed by atoms with Crippen molar-refractivity contribution >= 4 is 11.8 Å². The topological polar surface area (TPSA) is 58.6 Å². The van der Waals surface area contributed by atoms with Crippen molar-refractivity contribution in [2.75, 3.05) is 20.2 Å². The van der Waals surface area contributed by atoms with Crippen LogP contribution in [0.15, 0.2) is 42.5 Å². The summed E-state index contributed by atoms with van der Waals surface area (Å²) in [6.07, 6.45) is 0. The van der Waals surface area contributed by atoms with E-state index in [0.29, 0.717) is 24.5 Å². The molecule has 0 aliphatic heterocycles. The minimum Gasteiger partial charge on any atom is -0.493 e. The van der Waals surface area contributed by atoms with E-state index in [1.165, 1.54) is 5.56 Å². The van der Waals surface area contributed by atoms with Gasteiger partial charge >= 0.3 is 0 Å². The van der Waals surface area contributed by atoms with Crippen molar-refractivity contribution in [2.24, 2.45) is 0 Å². The van der Waals surface area contributed by atoms with Crippen LogP contribution in [0.5, 0.6) is 5.75 Å². The van der Waals surface area contributed by atoms with Crippen LogP contribution in [-0.2, 0) is 11.3 Å². The van der Waals surface area contributed by atoms with E-state index in [1.807, 2.05) is 39.0 Å². The van der Waals surface area contributed by atoms with Crippen LogP contribution in [0.4, 0.5) is 0 Å². The fourth-order valence-corrected chi connectivity index (χ4v) is 2.69.